The van der Waals surface area contributed by atoms with Gasteiger partial charge in [-0.05, 0) is 52.5 Å². The Morgan fingerprint density at radius 1 is 1.26 bits per heavy atom. The van der Waals surface area contributed by atoms with Crippen LogP contribution in [-0.4, -0.2) is 63.8 Å². The van der Waals surface area contributed by atoms with Crippen molar-refractivity contribution in [2.45, 2.75) is 58.9 Å². The quantitative estimate of drug-likeness (QED) is 0.478. The molecule has 0 aliphatic heterocycles. The summed E-state index contributed by atoms with van der Waals surface area (Å²) in [6, 6.07) is 0.576. The second-order valence-corrected chi connectivity index (χ2v) is 7.15. The van der Waals surface area contributed by atoms with E-state index in [-0.39, 0.29) is 0 Å². The largest absolute Gasteiger partial charge is 0.385 e. The summed E-state index contributed by atoms with van der Waals surface area (Å²) in [5.74, 6) is 0.952. The zero-order chi connectivity index (χ0) is 17.1. The van der Waals surface area contributed by atoms with Gasteiger partial charge in [0.05, 0.1) is 0 Å². The van der Waals surface area contributed by atoms with Gasteiger partial charge in [0.15, 0.2) is 5.96 Å². The number of nitrogens with one attached hydrogen (secondary N) is 2. The Hall–Kier alpha value is -0.810. The molecule has 0 atom stereocenters. The highest BCUT2D eigenvalue weighted by Crippen LogP contribution is 2.41. The predicted molar refractivity (Wildman–Crippen MR) is 99.1 cm³/mol. The number of aliphatic imine (C=N–C) groups is 1. The fourth-order valence-corrected chi connectivity index (χ4v) is 3.13. The van der Waals surface area contributed by atoms with Gasteiger partial charge >= 0.3 is 0 Å². The summed E-state index contributed by atoms with van der Waals surface area (Å²) in [6.45, 7) is 11.2. The zero-order valence-corrected chi connectivity index (χ0v) is 16.0. The predicted octanol–water partition coefficient (Wildman–Crippen LogP) is 2.48. The third-order valence-corrected chi connectivity index (χ3v) is 5.06. The van der Waals surface area contributed by atoms with E-state index in [0.29, 0.717) is 11.5 Å². The molecule has 0 unspecified atom stereocenters. The third-order valence-electron chi connectivity index (χ3n) is 5.06. The highest BCUT2D eigenvalue weighted by Gasteiger charge is 2.33. The van der Waals surface area contributed by atoms with Crippen molar-refractivity contribution in [1.82, 2.24) is 15.5 Å². The maximum Gasteiger partial charge on any atom is 0.191 e. The molecule has 5 nitrogen and oxygen atoms in total. The van der Waals surface area contributed by atoms with Crippen molar-refractivity contribution in [2.24, 2.45) is 10.4 Å². The van der Waals surface area contributed by atoms with Crippen LogP contribution >= 0.6 is 0 Å². The van der Waals surface area contributed by atoms with E-state index >= 15 is 0 Å². The Labute approximate surface area is 143 Å². The minimum atomic E-state index is 0.354. The van der Waals surface area contributed by atoms with Crippen LogP contribution in [0.5, 0.6) is 0 Å². The maximum atomic E-state index is 5.31. The molecule has 1 aliphatic rings. The van der Waals surface area contributed by atoms with E-state index < -0.39 is 0 Å². The maximum absolute atomic E-state index is 5.31. The van der Waals surface area contributed by atoms with E-state index in [1.54, 1.807) is 7.11 Å². The SMILES string of the molecule is CCNC(=NCC1(CCOC)CCCC1)NCCN(C)C(C)C. The number of ether oxygens (including phenoxy) is 1. The molecule has 0 aromatic rings. The molecule has 0 radical (unpaired) electrons. The number of methoxy groups -OCH3 is 1. The monoisotopic (exact) mass is 326 g/mol. The van der Waals surface area contributed by atoms with E-state index in [9.17, 15) is 0 Å². The third kappa shape index (κ3) is 7.53. The van der Waals surface area contributed by atoms with Crippen molar-refractivity contribution in [1.29, 1.82) is 0 Å². The van der Waals surface area contributed by atoms with Crippen LogP contribution in [0.15, 0.2) is 4.99 Å². The molecule has 23 heavy (non-hydrogen) atoms. The summed E-state index contributed by atoms with van der Waals surface area (Å²) in [7, 11) is 3.96. The smallest absolute Gasteiger partial charge is 0.191 e. The molecule has 0 saturated heterocycles. The van der Waals surface area contributed by atoms with Crippen LogP contribution in [0.3, 0.4) is 0 Å². The first-order valence-corrected chi connectivity index (χ1v) is 9.24. The van der Waals surface area contributed by atoms with Gasteiger partial charge in [0, 0.05) is 45.9 Å². The van der Waals surface area contributed by atoms with Crippen LogP contribution in [-0.2, 0) is 4.74 Å². The molecule has 0 bridgehead atoms. The number of rotatable bonds is 10. The van der Waals surface area contributed by atoms with Gasteiger partial charge in [-0.1, -0.05) is 12.8 Å². The van der Waals surface area contributed by atoms with Gasteiger partial charge in [-0.2, -0.15) is 0 Å². The highest BCUT2D eigenvalue weighted by atomic mass is 16.5. The Balaban J connectivity index is 2.52. The van der Waals surface area contributed by atoms with Crippen LogP contribution in [0.2, 0.25) is 0 Å². The summed E-state index contributed by atoms with van der Waals surface area (Å²) < 4.78 is 5.31. The normalized spacial score (nSPS) is 18.0. The van der Waals surface area contributed by atoms with E-state index in [2.05, 4.69) is 43.4 Å². The summed E-state index contributed by atoms with van der Waals surface area (Å²) in [5, 5.41) is 6.84. The van der Waals surface area contributed by atoms with E-state index in [1.807, 2.05) is 0 Å². The lowest BCUT2D eigenvalue weighted by Gasteiger charge is -2.27. The highest BCUT2D eigenvalue weighted by molar-refractivity contribution is 5.79. The van der Waals surface area contributed by atoms with Crippen LogP contribution < -0.4 is 10.6 Å². The molecule has 1 saturated carbocycles. The van der Waals surface area contributed by atoms with E-state index in [0.717, 1.165) is 45.2 Å². The molecule has 1 rings (SSSR count). The lowest BCUT2D eigenvalue weighted by atomic mass is 9.83. The Morgan fingerprint density at radius 2 is 1.96 bits per heavy atom. The topological polar surface area (TPSA) is 48.9 Å². The molecule has 0 aromatic heterocycles. The molecule has 5 heteroatoms. The average molecular weight is 327 g/mol. The van der Waals surface area contributed by atoms with E-state index in [1.165, 1.54) is 25.7 Å². The van der Waals surface area contributed by atoms with Crippen molar-refractivity contribution >= 4 is 5.96 Å². The first-order valence-electron chi connectivity index (χ1n) is 9.24. The lowest BCUT2D eigenvalue weighted by Crippen LogP contribution is -2.42. The van der Waals surface area contributed by atoms with Gasteiger partial charge in [0.1, 0.15) is 0 Å². The first kappa shape index (κ1) is 20.2. The average Bonchev–Trinajstić information content (AvgIpc) is 2.99. The summed E-state index contributed by atoms with van der Waals surface area (Å²) in [6.07, 6.45) is 6.37. The first-order chi connectivity index (χ1) is 11.0. The minimum Gasteiger partial charge on any atom is -0.385 e. The molecule has 1 fully saturated rings. The summed E-state index contributed by atoms with van der Waals surface area (Å²) in [5.41, 5.74) is 0.354. The van der Waals surface area contributed by atoms with E-state index in [4.69, 9.17) is 9.73 Å². The number of hydrogen-bond acceptors (Lipinski definition) is 3. The minimum absolute atomic E-state index is 0.354. The van der Waals surface area contributed by atoms with Gasteiger partial charge in [-0.25, -0.2) is 0 Å². The molecule has 0 amide bonds. The molecule has 0 heterocycles. The van der Waals surface area contributed by atoms with Crippen molar-refractivity contribution < 1.29 is 4.74 Å². The standard InChI is InChI=1S/C18H38N4O/c1-6-19-17(20-12-13-22(4)16(2)3)21-15-18(11-14-23-5)9-7-8-10-18/h16H,6-15H2,1-5H3,(H2,19,20,21). The molecule has 2 N–H and O–H groups in total. The van der Waals surface area contributed by atoms with Gasteiger partial charge < -0.3 is 20.3 Å². The molecule has 1 aliphatic carbocycles. The van der Waals surface area contributed by atoms with Crippen LogP contribution in [0.25, 0.3) is 0 Å². The van der Waals surface area contributed by atoms with Gasteiger partial charge in [-0.3, -0.25) is 4.99 Å². The van der Waals surface area contributed by atoms with Gasteiger partial charge in [0.2, 0.25) is 0 Å². The van der Waals surface area contributed by atoms with Crippen molar-refractivity contribution in [2.75, 3.05) is 46.9 Å². The fourth-order valence-electron chi connectivity index (χ4n) is 3.13. The zero-order valence-electron chi connectivity index (χ0n) is 16.0. The second-order valence-electron chi connectivity index (χ2n) is 7.15. The van der Waals surface area contributed by atoms with Gasteiger partial charge in [-0.15, -0.1) is 0 Å². The number of nitrogens with zero attached hydrogens (tertiary/aromatic N) is 2. The summed E-state index contributed by atoms with van der Waals surface area (Å²) >= 11 is 0. The number of guanidine groups is 1. The van der Waals surface area contributed by atoms with Crippen molar-refractivity contribution in [3.05, 3.63) is 0 Å². The summed E-state index contributed by atoms with van der Waals surface area (Å²) in [4.78, 5) is 7.22. The Kier molecular flexibility index (Phi) is 9.56. The number of likely N-dealkylation sites (N-methyl/N-ethyl adjacent to an activating group) is 1. The lowest BCUT2D eigenvalue weighted by molar-refractivity contribution is 0.141. The molecule has 136 valence electrons. The van der Waals surface area contributed by atoms with Crippen molar-refractivity contribution in [3.63, 3.8) is 0 Å². The Morgan fingerprint density at radius 3 is 2.52 bits per heavy atom. The Bertz CT molecular complexity index is 338. The second kappa shape index (κ2) is 10.9. The van der Waals surface area contributed by atoms with Crippen LogP contribution in [0, 0.1) is 5.41 Å². The van der Waals surface area contributed by atoms with Crippen LogP contribution in [0.1, 0.15) is 52.9 Å². The fraction of sp³-hybridized carbons (Fsp3) is 0.944. The van der Waals surface area contributed by atoms with Gasteiger partial charge in [0.25, 0.3) is 0 Å². The molecule has 0 spiro atoms. The molecular formula is C18H38N4O. The van der Waals surface area contributed by atoms with Crippen molar-refractivity contribution in [3.8, 4) is 0 Å². The van der Waals surface area contributed by atoms with Crippen LogP contribution in [0.4, 0.5) is 0 Å². The molecule has 0 aromatic carbocycles. The number of hydrogen-bond donors (Lipinski definition) is 2. The molecular weight excluding hydrogens is 288 g/mol.